The first-order valence-corrected chi connectivity index (χ1v) is 7.44. The van der Waals surface area contributed by atoms with E-state index in [2.05, 4.69) is 33.1 Å². The van der Waals surface area contributed by atoms with E-state index in [9.17, 15) is 4.79 Å². The van der Waals surface area contributed by atoms with Gasteiger partial charge in [0.05, 0.1) is 16.3 Å². The first kappa shape index (κ1) is 15.3. The summed E-state index contributed by atoms with van der Waals surface area (Å²) >= 11 is 13.9. The van der Waals surface area contributed by atoms with Crippen molar-refractivity contribution < 1.29 is 4.79 Å². The van der Waals surface area contributed by atoms with Crippen LogP contribution < -0.4 is 5.43 Å². The zero-order valence-electron chi connectivity index (χ0n) is 10.1. The van der Waals surface area contributed by atoms with Gasteiger partial charge in [-0.1, -0.05) is 41.4 Å². The molecular formula is C14H9Cl2IN2O. The molecule has 6 heteroatoms. The zero-order valence-corrected chi connectivity index (χ0v) is 13.8. The van der Waals surface area contributed by atoms with Gasteiger partial charge in [-0.15, -0.1) is 0 Å². The molecule has 0 spiro atoms. The molecule has 3 nitrogen and oxygen atoms in total. The second-order valence-corrected chi connectivity index (χ2v) is 5.83. The number of hydrazone groups is 1. The molecular weight excluding hydrogens is 410 g/mol. The molecule has 0 aliphatic heterocycles. The van der Waals surface area contributed by atoms with E-state index in [0.29, 0.717) is 15.6 Å². The second kappa shape index (κ2) is 7.06. The van der Waals surface area contributed by atoms with Crippen LogP contribution in [0.25, 0.3) is 0 Å². The summed E-state index contributed by atoms with van der Waals surface area (Å²) in [5, 5.41) is 4.67. The summed E-state index contributed by atoms with van der Waals surface area (Å²) < 4.78 is 1.05. The predicted molar refractivity (Wildman–Crippen MR) is 90.7 cm³/mol. The van der Waals surface area contributed by atoms with Crippen molar-refractivity contribution in [3.63, 3.8) is 0 Å². The maximum absolute atomic E-state index is 11.9. The van der Waals surface area contributed by atoms with Gasteiger partial charge in [0, 0.05) is 14.7 Å². The minimum absolute atomic E-state index is 0.334. The zero-order chi connectivity index (χ0) is 14.5. The topological polar surface area (TPSA) is 41.5 Å². The Morgan fingerprint density at radius 1 is 1.15 bits per heavy atom. The molecule has 0 heterocycles. The van der Waals surface area contributed by atoms with Crippen LogP contribution >= 0.6 is 45.8 Å². The lowest BCUT2D eigenvalue weighted by atomic mass is 10.2. The van der Waals surface area contributed by atoms with E-state index in [-0.39, 0.29) is 5.91 Å². The first-order chi connectivity index (χ1) is 9.58. The summed E-state index contributed by atoms with van der Waals surface area (Å²) in [5.74, 6) is -0.342. The fourth-order valence-corrected chi connectivity index (χ4v) is 2.27. The molecule has 0 fully saturated rings. The van der Waals surface area contributed by atoms with Gasteiger partial charge >= 0.3 is 0 Å². The number of hydrogen-bond acceptors (Lipinski definition) is 2. The first-order valence-electron chi connectivity index (χ1n) is 5.61. The number of carbonyl (C=O) groups is 1. The van der Waals surface area contributed by atoms with Gasteiger partial charge in [-0.3, -0.25) is 4.79 Å². The second-order valence-electron chi connectivity index (χ2n) is 3.85. The highest BCUT2D eigenvalue weighted by Crippen LogP contribution is 2.22. The van der Waals surface area contributed by atoms with Gasteiger partial charge in [0.25, 0.3) is 5.91 Å². The number of halogens is 3. The molecule has 1 N–H and O–H groups in total. The highest BCUT2D eigenvalue weighted by molar-refractivity contribution is 14.1. The number of nitrogens with one attached hydrogen (secondary N) is 1. The van der Waals surface area contributed by atoms with Crippen molar-refractivity contribution in [2.45, 2.75) is 0 Å². The van der Waals surface area contributed by atoms with Crippen molar-refractivity contribution >= 4 is 57.9 Å². The molecule has 102 valence electrons. The number of amides is 1. The Morgan fingerprint density at radius 2 is 1.90 bits per heavy atom. The number of rotatable bonds is 3. The quantitative estimate of drug-likeness (QED) is 0.449. The maximum Gasteiger partial charge on any atom is 0.271 e. The van der Waals surface area contributed by atoms with E-state index < -0.39 is 0 Å². The minimum Gasteiger partial charge on any atom is -0.267 e. The van der Waals surface area contributed by atoms with Crippen LogP contribution in [0, 0.1) is 3.57 Å². The molecule has 0 aromatic heterocycles. The van der Waals surface area contributed by atoms with Crippen molar-refractivity contribution in [3.05, 3.63) is 67.2 Å². The summed E-state index contributed by atoms with van der Waals surface area (Å²) in [5.41, 5.74) is 3.78. The summed E-state index contributed by atoms with van der Waals surface area (Å²) in [7, 11) is 0. The van der Waals surface area contributed by atoms with E-state index in [1.165, 1.54) is 6.07 Å². The molecule has 2 rings (SSSR count). The van der Waals surface area contributed by atoms with Crippen LogP contribution in [-0.2, 0) is 0 Å². The van der Waals surface area contributed by atoms with Crippen molar-refractivity contribution in [2.75, 3.05) is 0 Å². The molecule has 1 amide bonds. The minimum atomic E-state index is -0.342. The molecule has 0 bridgehead atoms. The fourth-order valence-electron chi connectivity index (χ4n) is 1.44. The smallest absolute Gasteiger partial charge is 0.267 e. The number of nitrogens with zero attached hydrogens (tertiary/aromatic N) is 1. The molecule has 0 atom stereocenters. The van der Waals surface area contributed by atoms with E-state index in [0.717, 1.165) is 9.13 Å². The highest BCUT2D eigenvalue weighted by Gasteiger charge is 2.06. The fraction of sp³-hybridized carbons (Fsp3) is 0. The van der Waals surface area contributed by atoms with Crippen molar-refractivity contribution in [1.82, 2.24) is 5.43 Å². The van der Waals surface area contributed by atoms with Crippen LogP contribution in [0.2, 0.25) is 10.0 Å². The van der Waals surface area contributed by atoms with Crippen LogP contribution in [0.5, 0.6) is 0 Å². The summed E-state index contributed by atoms with van der Waals surface area (Å²) in [4.78, 5) is 11.9. The van der Waals surface area contributed by atoms with Gasteiger partial charge in [-0.25, -0.2) is 5.43 Å². The summed E-state index contributed by atoms with van der Waals surface area (Å²) in [6, 6.07) is 12.4. The Balaban J connectivity index is 2.05. The number of carbonyl (C=O) groups excluding carboxylic acids is 1. The lowest BCUT2D eigenvalue weighted by Gasteiger charge is -2.02. The summed E-state index contributed by atoms with van der Waals surface area (Å²) in [6.07, 6.45) is 1.59. The molecule has 0 saturated carbocycles. The van der Waals surface area contributed by atoms with Gasteiger partial charge in [-0.05, 0) is 46.9 Å². The lowest BCUT2D eigenvalue weighted by molar-refractivity contribution is 0.0955. The van der Waals surface area contributed by atoms with Crippen LogP contribution in [-0.4, -0.2) is 12.1 Å². The SMILES string of the molecule is O=C(N/N=C\c1ccccc1I)c1ccc(Cl)c(Cl)c1. The molecule has 2 aromatic rings. The van der Waals surface area contributed by atoms with E-state index in [1.807, 2.05) is 24.3 Å². The number of hydrogen-bond donors (Lipinski definition) is 1. The Kier molecular flexibility index (Phi) is 5.39. The Morgan fingerprint density at radius 3 is 2.60 bits per heavy atom. The van der Waals surface area contributed by atoms with Gasteiger partial charge in [0.2, 0.25) is 0 Å². The summed E-state index contributed by atoms with van der Waals surface area (Å²) in [6.45, 7) is 0. The van der Waals surface area contributed by atoms with Crippen molar-refractivity contribution in [2.24, 2.45) is 5.10 Å². The molecule has 0 unspecified atom stereocenters. The molecule has 0 radical (unpaired) electrons. The monoisotopic (exact) mass is 418 g/mol. The van der Waals surface area contributed by atoms with Gasteiger partial charge in [0.1, 0.15) is 0 Å². The van der Waals surface area contributed by atoms with E-state index in [1.54, 1.807) is 18.3 Å². The van der Waals surface area contributed by atoms with Gasteiger partial charge < -0.3 is 0 Å². The Hall–Kier alpha value is -1.11. The third-order valence-electron chi connectivity index (χ3n) is 2.46. The molecule has 2 aromatic carbocycles. The Bertz CT molecular complexity index is 674. The third-order valence-corrected chi connectivity index (χ3v) is 4.18. The van der Waals surface area contributed by atoms with Crippen LogP contribution in [0.3, 0.4) is 0 Å². The average Bonchev–Trinajstić information content (AvgIpc) is 2.44. The standard InChI is InChI=1S/C14H9Cl2IN2O/c15-11-6-5-9(7-12(11)16)14(20)19-18-8-10-3-1-2-4-13(10)17/h1-8H,(H,19,20)/b18-8-. The largest absolute Gasteiger partial charge is 0.271 e. The predicted octanol–water partition coefficient (Wildman–Crippen LogP) is 4.36. The average molecular weight is 419 g/mol. The molecule has 0 saturated heterocycles. The normalized spacial score (nSPS) is 10.8. The molecule has 0 aliphatic carbocycles. The molecule has 0 aliphatic rings. The van der Waals surface area contributed by atoms with Crippen molar-refractivity contribution in [3.8, 4) is 0 Å². The van der Waals surface area contributed by atoms with Crippen LogP contribution in [0.15, 0.2) is 47.6 Å². The number of benzene rings is 2. The van der Waals surface area contributed by atoms with E-state index in [4.69, 9.17) is 23.2 Å². The lowest BCUT2D eigenvalue weighted by Crippen LogP contribution is -2.17. The van der Waals surface area contributed by atoms with Crippen molar-refractivity contribution in [1.29, 1.82) is 0 Å². The third kappa shape index (κ3) is 3.94. The van der Waals surface area contributed by atoms with E-state index >= 15 is 0 Å². The van der Waals surface area contributed by atoms with Gasteiger partial charge in [-0.2, -0.15) is 5.10 Å². The van der Waals surface area contributed by atoms with Gasteiger partial charge in [0.15, 0.2) is 0 Å². The van der Waals surface area contributed by atoms with Crippen LogP contribution in [0.1, 0.15) is 15.9 Å². The highest BCUT2D eigenvalue weighted by atomic mass is 127. The molecule has 20 heavy (non-hydrogen) atoms. The Labute approximate surface area is 140 Å². The van der Waals surface area contributed by atoms with Crippen LogP contribution in [0.4, 0.5) is 0 Å². The maximum atomic E-state index is 11.9.